The summed E-state index contributed by atoms with van der Waals surface area (Å²) in [5.41, 5.74) is 1.96. The van der Waals surface area contributed by atoms with Gasteiger partial charge < -0.3 is 19.9 Å². The van der Waals surface area contributed by atoms with Gasteiger partial charge >= 0.3 is 0 Å². The molecule has 1 aliphatic heterocycles. The molecule has 1 aliphatic rings. The molecule has 0 saturated carbocycles. The Labute approximate surface area is 157 Å². The van der Waals surface area contributed by atoms with E-state index in [1.807, 2.05) is 4.57 Å². The molecule has 2 N–H and O–H groups in total. The second-order valence-corrected chi connectivity index (χ2v) is 6.58. The van der Waals surface area contributed by atoms with Crippen molar-refractivity contribution in [3.8, 4) is 11.5 Å². The van der Waals surface area contributed by atoms with Crippen LogP contribution in [0.1, 0.15) is 19.1 Å². The lowest BCUT2D eigenvalue weighted by Gasteiger charge is -2.13. The van der Waals surface area contributed by atoms with Crippen molar-refractivity contribution in [2.75, 3.05) is 19.0 Å². The molecule has 1 unspecified atom stereocenters. The van der Waals surface area contributed by atoms with Crippen LogP contribution in [0.2, 0.25) is 0 Å². The molecule has 4 rings (SSSR count). The van der Waals surface area contributed by atoms with Crippen LogP contribution in [0.3, 0.4) is 0 Å². The molecule has 2 aromatic heterocycles. The minimum Gasteiger partial charge on any atom is -0.504 e. The van der Waals surface area contributed by atoms with Crippen LogP contribution in [0.4, 0.5) is 11.5 Å². The highest BCUT2D eigenvalue weighted by atomic mass is 127. The van der Waals surface area contributed by atoms with Crippen molar-refractivity contribution < 1.29 is 14.6 Å². The van der Waals surface area contributed by atoms with Crippen molar-refractivity contribution >= 4 is 45.3 Å². The third-order valence-corrected chi connectivity index (χ3v) is 4.54. The number of imidazole rings is 1. The highest BCUT2D eigenvalue weighted by Crippen LogP contribution is 2.37. The molecule has 0 bridgehead atoms. The summed E-state index contributed by atoms with van der Waals surface area (Å²) in [4.78, 5) is 13.4. The largest absolute Gasteiger partial charge is 0.504 e. The molecule has 8 nitrogen and oxygen atoms in total. The van der Waals surface area contributed by atoms with Crippen molar-refractivity contribution in [3.63, 3.8) is 0 Å². The van der Waals surface area contributed by atoms with Crippen LogP contribution in [-0.4, -0.2) is 38.3 Å². The number of para-hydroxylation sites is 1. The molecule has 0 amide bonds. The molecule has 130 valence electrons. The Kier molecular flexibility index (Phi) is 4.34. The third-order valence-electron chi connectivity index (χ3n) is 4.06. The van der Waals surface area contributed by atoms with Gasteiger partial charge in [0.15, 0.2) is 32.3 Å². The fourth-order valence-corrected chi connectivity index (χ4v) is 3.40. The predicted molar refractivity (Wildman–Crippen MR) is 100 cm³/mol. The maximum atomic E-state index is 9.95. The minimum atomic E-state index is -0.0427. The first-order valence-electron chi connectivity index (χ1n) is 7.82. The van der Waals surface area contributed by atoms with E-state index in [0.29, 0.717) is 32.2 Å². The molecular formula is C16H16IN5O3. The molecule has 9 heteroatoms. The van der Waals surface area contributed by atoms with Crippen LogP contribution in [0.15, 0.2) is 24.5 Å². The zero-order valence-corrected chi connectivity index (χ0v) is 15.6. The second kappa shape index (κ2) is 6.64. The summed E-state index contributed by atoms with van der Waals surface area (Å²) in [6, 6.07) is 5.10. The lowest BCUT2D eigenvalue weighted by Crippen LogP contribution is -2.08. The maximum absolute atomic E-state index is 9.95. The van der Waals surface area contributed by atoms with Gasteiger partial charge in [0, 0.05) is 29.2 Å². The SMILES string of the molecule is COc1c(O)cccc1Nc1nc(I)nc2c1ncn2C1CCCO1. The van der Waals surface area contributed by atoms with Gasteiger partial charge in [-0.15, -0.1) is 0 Å². The van der Waals surface area contributed by atoms with Crippen molar-refractivity contribution in [2.24, 2.45) is 0 Å². The zero-order valence-electron chi connectivity index (χ0n) is 13.4. The van der Waals surface area contributed by atoms with E-state index in [1.165, 1.54) is 7.11 Å². The van der Waals surface area contributed by atoms with Gasteiger partial charge in [0.2, 0.25) is 0 Å². The predicted octanol–water partition coefficient (Wildman–Crippen LogP) is 3.20. The van der Waals surface area contributed by atoms with E-state index in [4.69, 9.17) is 9.47 Å². The number of phenols is 1. The summed E-state index contributed by atoms with van der Waals surface area (Å²) in [5.74, 6) is 0.954. The molecule has 0 radical (unpaired) electrons. The van der Waals surface area contributed by atoms with Crippen molar-refractivity contribution in [1.82, 2.24) is 19.5 Å². The number of aromatic hydroxyl groups is 1. The Morgan fingerprint density at radius 2 is 2.28 bits per heavy atom. The smallest absolute Gasteiger partial charge is 0.194 e. The molecule has 3 aromatic rings. The number of phenolic OH excluding ortho intramolecular Hbond substituents is 1. The van der Waals surface area contributed by atoms with Crippen molar-refractivity contribution in [1.29, 1.82) is 0 Å². The first-order chi connectivity index (χ1) is 12.2. The summed E-state index contributed by atoms with van der Waals surface area (Å²) >= 11 is 2.07. The number of halogens is 1. The highest BCUT2D eigenvalue weighted by Gasteiger charge is 2.22. The summed E-state index contributed by atoms with van der Waals surface area (Å²) in [7, 11) is 1.51. The Morgan fingerprint density at radius 1 is 1.40 bits per heavy atom. The van der Waals surface area contributed by atoms with E-state index in [0.717, 1.165) is 19.4 Å². The van der Waals surface area contributed by atoms with Crippen LogP contribution in [-0.2, 0) is 4.74 Å². The Balaban J connectivity index is 1.79. The van der Waals surface area contributed by atoms with E-state index in [1.54, 1.807) is 24.5 Å². The van der Waals surface area contributed by atoms with Gasteiger partial charge in [-0.05, 0) is 25.0 Å². The summed E-state index contributed by atoms with van der Waals surface area (Å²) in [6.07, 6.45) is 3.66. The summed E-state index contributed by atoms with van der Waals surface area (Å²) in [5, 5.41) is 13.1. The normalized spacial score (nSPS) is 17.1. The van der Waals surface area contributed by atoms with E-state index in [-0.39, 0.29) is 12.0 Å². The van der Waals surface area contributed by atoms with Gasteiger partial charge in [0.05, 0.1) is 19.1 Å². The summed E-state index contributed by atoms with van der Waals surface area (Å²) in [6.45, 7) is 0.748. The molecule has 0 aliphatic carbocycles. The quantitative estimate of drug-likeness (QED) is 0.463. The van der Waals surface area contributed by atoms with Gasteiger partial charge in [-0.3, -0.25) is 4.57 Å². The number of nitrogens with zero attached hydrogens (tertiary/aromatic N) is 4. The minimum absolute atomic E-state index is 0.0427. The first-order valence-corrected chi connectivity index (χ1v) is 8.90. The third kappa shape index (κ3) is 2.97. The molecule has 1 saturated heterocycles. The number of hydrogen-bond donors (Lipinski definition) is 2. The molecule has 0 spiro atoms. The maximum Gasteiger partial charge on any atom is 0.194 e. The van der Waals surface area contributed by atoms with Crippen LogP contribution >= 0.6 is 22.6 Å². The molecule has 1 fully saturated rings. The van der Waals surface area contributed by atoms with E-state index < -0.39 is 0 Å². The molecular weight excluding hydrogens is 437 g/mol. The number of aromatic nitrogens is 4. The number of ether oxygens (including phenoxy) is 2. The average Bonchev–Trinajstić information content (AvgIpc) is 3.24. The van der Waals surface area contributed by atoms with Crippen LogP contribution < -0.4 is 10.1 Å². The Morgan fingerprint density at radius 3 is 3.04 bits per heavy atom. The van der Waals surface area contributed by atoms with Gasteiger partial charge in [0.1, 0.15) is 6.23 Å². The number of hydrogen-bond acceptors (Lipinski definition) is 7. The Bertz CT molecular complexity index is 924. The van der Waals surface area contributed by atoms with Gasteiger partial charge in [-0.2, -0.15) is 0 Å². The standard InChI is InChI=1S/C16H16IN5O3/c1-24-13-9(4-2-5-10(13)23)19-14-12-15(21-16(17)20-14)22(8-18-12)11-6-3-7-25-11/h2,4-5,8,11,23H,3,6-7H2,1H3,(H,19,20,21). The van der Waals surface area contributed by atoms with Crippen LogP contribution in [0.25, 0.3) is 11.2 Å². The lowest BCUT2D eigenvalue weighted by atomic mass is 10.2. The number of fused-ring (bicyclic) bond motifs is 1. The number of rotatable bonds is 4. The molecule has 3 heterocycles. The monoisotopic (exact) mass is 453 g/mol. The highest BCUT2D eigenvalue weighted by molar-refractivity contribution is 14.1. The van der Waals surface area contributed by atoms with E-state index >= 15 is 0 Å². The Hall–Kier alpha value is -2.14. The molecule has 25 heavy (non-hydrogen) atoms. The average molecular weight is 453 g/mol. The van der Waals surface area contributed by atoms with Crippen molar-refractivity contribution in [3.05, 3.63) is 28.4 Å². The fourth-order valence-electron chi connectivity index (χ4n) is 2.93. The van der Waals surface area contributed by atoms with Gasteiger partial charge in [-0.25, -0.2) is 15.0 Å². The van der Waals surface area contributed by atoms with Crippen LogP contribution in [0, 0.1) is 3.83 Å². The fraction of sp³-hybridized carbons (Fsp3) is 0.312. The van der Waals surface area contributed by atoms with E-state index in [2.05, 4.69) is 42.9 Å². The number of nitrogens with one attached hydrogen (secondary N) is 1. The second-order valence-electron chi connectivity index (χ2n) is 5.62. The number of benzene rings is 1. The number of anilines is 2. The zero-order chi connectivity index (χ0) is 17.4. The van der Waals surface area contributed by atoms with Crippen LogP contribution in [0.5, 0.6) is 11.5 Å². The molecule has 1 atom stereocenters. The van der Waals surface area contributed by atoms with Gasteiger partial charge in [0.25, 0.3) is 0 Å². The van der Waals surface area contributed by atoms with Gasteiger partial charge in [-0.1, -0.05) is 6.07 Å². The topological polar surface area (TPSA) is 94.3 Å². The summed E-state index contributed by atoms with van der Waals surface area (Å²) < 4.78 is 13.5. The van der Waals surface area contributed by atoms with Crippen molar-refractivity contribution in [2.45, 2.75) is 19.1 Å². The lowest BCUT2D eigenvalue weighted by molar-refractivity contribution is 0.0592. The first kappa shape index (κ1) is 16.3. The van der Waals surface area contributed by atoms with E-state index in [9.17, 15) is 5.11 Å². The molecule has 1 aromatic carbocycles. The number of methoxy groups -OCH3 is 1.